The second kappa shape index (κ2) is 11.5. The van der Waals surface area contributed by atoms with Gasteiger partial charge in [-0.3, -0.25) is 11.3 Å². The van der Waals surface area contributed by atoms with Crippen molar-refractivity contribution in [1.29, 1.82) is 0 Å². The predicted molar refractivity (Wildman–Crippen MR) is 70.6 cm³/mol. The first kappa shape index (κ1) is 18.7. The molecule has 0 aliphatic carbocycles. The van der Waals surface area contributed by atoms with Crippen LogP contribution in [0, 0.1) is 0 Å². The molecule has 0 aromatic carbocycles. The van der Waals surface area contributed by atoms with E-state index in [1.807, 2.05) is 0 Å². The van der Waals surface area contributed by atoms with Gasteiger partial charge in [-0.2, -0.15) is 13.2 Å². The quantitative estimate of drug-likeness (QED) is 0.327. The van der Waals surface area contributed by atoms with Gasteiger partial charge in [-0.05, 0) is 12.8 Å². The Morgan fingerprint density at radius 1 is 1.05 bits per heavy atom. The molecule has 116 valence electrons. The van der Waals surface area contributed by atoms with Gasteiger partial charge in [-0.1, -0.05) is 45.4 Å². The number of ether oxygens (including phenoxy) is 1. The largest absolute Gasteiger partial charge is 0.411 e. The molecule has 0 fully saturated rings. The molecule has 0 aromatic heterocycles. The van der Waals surface area contributed by atoms with E-state index in [1.54, 1.807) is 0 Å². The van der Waals surface area contributed by atoms with Crippen molar-refractivity contribution in [3.63, 3.8) is 0 Å². The van der Waals surface area contributed by atoms with E-state index in [-0.39, 0.29) is 12.6 Å². The number of unbranched alkanes of at least 4 members (excludes halogenated alkanes) is 5. The molecule has 3 nitrogen and oxygen atoms in total. The van der Waals surface area contributed by atoms with Crippen LogP contribution in [0.2, 0.25) is 0 Å². The van der Waals surface area contributed by atoms with Crippen LogP contribution in [0.1, 0.15) is 58.3 Å². The smallest absolute Gasteiger partial charge is 0.372 e. The molecule has 0 aliphatic rings. The fraction of sp³-hybridized carbons (Fsp3) is 1.00. The monoisotopic (exact) mass is 284 g/mol. The molecule has 0 amide bonds. The van der Waals surface area contributed by atoms with Gasteiger partial charge in [-0.25, -0.2) is 0 Å². The van der Waals surface area contributed by atoms with Crippen molar-refractivity contribution in [1.82, 2.24) is 5.43 Å². The molecule has 0 heterocycles. The summed E-state index contributed by atoms with van der Waals surface area (Å²) in [5.41, 5.74) is 2.64. The van der Waals surface area contributed by atoms with Crippen LogP contribution in [0.3, 0.4) is 0 Å². The summed E-state index contributed by atoms with van der Waals surface area (Å²) in [6.45, 7) is 1.08. The Morgan fingerprint density at radius 3 is 2.26 bits per heavy atom. The van der Waals surface area contributed by atoms with Crippen molar-refractivity contribution < 1.29 is 17.9 Å². The van der Waals surface area contributed by atoms with Crippen LogP contribution in [0.4, 0.5) is 13.2 Å². The normalized spacial score (nSPS) is 13.7. The summed E-state index contributed by atoms with van der Waals surface area (Å²) in [6.07, 6.45) is 4.33. The minimum atomic E-state index is -4.25. The maximum atomic E-state index is 11.8. The second-order valence-electron chi connectivity index (χ2n) is 4.88. The molecule has 0 rings (SSSR count). The van der Waals surface area contributed by atoms with Gasteiger partial charge in [0.05, 0.1) is 0 Å². The number of hydrogen-bond acceptors (Lipinski definition) is 3. The van der Waals surface area contributed by atoms with E-state index in [0.717, 1.165) is 19.3 Å². The highest BCUT2D eigenvalue weighted by molar-refractivity contribution is 4.63. The fourth-order valence-electron chi connectivity index (χ4n) is 1.90. The average molecular weight is 284 g/mol. The third-order valence-electron chi connectivity index (χ3n) is 3.02. The summed E-state index contributed by atoms with van der Waals surface area (Å²) < 4.78 is 40.1. The summed E-state index contributed by atoms with van der Waals surface area (Å²) in [7, 11) is 0. The minimum Gasteiger partial charge on any atom is -0.372 e. The molecule has 0 spiro atoms. The first-order valence-electron chi connectivity index (χ1n) is 7.10. The van der Waals surface area contributed by atoms with Gasteiger partial charge in [0.1, 0.15) is 6.61 Å². The molecule has 0 aliphatic heterocycles. The molecule has 0 aromatic rings. The number of hydrogen-bond donors (Lipinski definition) is 2. The van der Waals surface area contributed by atoms with Gasteiger partial charge in [0.2, 0.25) is 0 Å². The number of hydrazine groups is 1. The Bertz CT molecular complexity index is 201. The van der Waals surface area contributed by atoms with E-state index in [0.29, 0.717) is 6.42 Å². The summed E-state index contributed by atoms with van der Waals surface area (Å²) in [6, 6.07) is 0.0411. The van der Waals surface area contributed by atoms with Crippen molar-refractivity contribution in [3.05, 3.63) is 0 Å². The van der Waals surface area contributed by atoms with Crippen LogP contribution < -0.4 is 11.3 Å². The Hall–Kier alpha value is -0.330. The van der Waals surface area contributed by atoms with E-state index in [2.05, 4.69) is 17.1 Å². The van der Waals surface area contributed by atoms with Gasteiger partial charge >= 0.3 is 6.18 Å². The topological polar surface area (TPSA) is 47.3 Å². The van der Waals surface area contributed by atoms with Crippen molar-refractivity contribution >= 4 is 0 Å². The lowest BCUT2D eigenvalue weighted by atomic mass is 10.0. The molecular formula is C13H27F3N2O. The first-order valence-corrected chi connectivity index (χ1v) is 7.10. The lowest BCUT2D eigenvalue weighted by Gasteiger charge is -2.16. The third-order valence-corrected chi connectivity index (χ3v) is 3.02. The zero-order valence-corrected chi connectivity index (χ0v) is 11.8. The molecule has 1 unspecified atom stereocenters. The van der Waals surface area contributed by atoms with Crippen LogP contribution in [-0.2, 0) is 4.74 Å². The lowest BCUT2D eigenvalue weighted by Crippen LogP contribution is -2.36. The van der Waals surface area contributed by atoms with Crippen LogP contribution in [0.15, 0.2) is 0 Å². The fourth-order valence-corrected chi connectivity index (χ4v) is 1.90. The summed E-state index contributed by atoms with van der Waals surface area (Å²) in [5, 5.41) is 0. The standard InChI is InChI=1S/C13H27F3N2O/c1-2-3-4-5-6-7-8-12(18-17)9-10-19-11-13(14,15)16/h12,18H,2-11,17H2,1H3. The van der Waals surface area contributed by atoms with Crippen molar-refractivity contribution in [2.75, 3.05) is 13.2 Å². The van der Waals surface area contributed by atoms with Gasteiger partial charge in [0, 0.05) is 12.6 Å². The highest BCUT2D eigenvalue weighted by atomic mass is 19.4. The van der Waals surface area contributed by atoms with Crippen LogP contribution in [-0.4, -0.2) is 25.4 Å². The minimum absolute atomic E-state index is 0.0411. The van der Waals surface area contributed by atoms with Gasteiger partial charge in [0.15, 0.2) is 0 Å². The van der Waals surface area contributed by atoms with Crippen molar-refractivity contribution in [2.24, 2.45) is 5.84 Å². The molecule has 19 heavy (non-hydrogen) atoms. The molecule has 0 saturated heterocycles. The number of halogens is 3. The molecule has 0 saturated carbocycles. The molecule has 0 bridgehead atoms. The van der Waals surface area contributed by atoms with E-state index in [1.165, 1.54) is 25.7 Å². The van der Waals surface area contributed by atoms with E-state index >= 15 is 0 Å². The Kier molecular flexibility index (Phi) is 11.3. The molecule has 0 radical (unpaired) electrons. The average Bonchev–Trinajstić information content (AvgIpc) is 2.34. The molecule has 6 heteroatoms. The highest BCUT2D eigenvalue weighted by Gasteiger charge is 2.27. The number of nitrogens with two attached hydrogens (primary N) is 1. The second-order valence-corrected chi connectivity index (χ2v) is 4.88. The lowest BCUT2D eigenvalue weighted by molar-refractivity contribution is -0.174. The summed E-state index contributed by atoms with van der Waals surface area (Å²) in [4.78, 5) is 0. The van der Waals surface area contributed by atoms with Crippen LogP contribution in [0.25, 0.3) is 0 Å². The zero-order valence-electron chi connectivity index (χ0n) is 11.8. The van der Waals surface area contributed by atoms with Gasteiger partial charge in [0.25, 0.3) is 0 Å². The first-order chi connectivity index (χ1) is 8.99. The van der Waals surface area contributed by atoms with E-state index in [4.69, 9.17) is 5.84 Å². The number of rotatable bonds is 12. The van der Waals surface area contributed by atoms with E-state index in [9.17, 15) is 13.2 Å². The molecular weight excluding hydrogens is 257 g/mol. The van der Waals surface area contributed by atoms with Crippen molar-refractivity contribution in [2.45, 2.75) is 70.5 Å². The maximum absolute atomic E-state index is 11.8. The predicted octanol–water partition coefficient (Wildman–Crippen LogP) is 3.54. The van der Waals surface area contributed by atoms with Gasteiger partial charge in [-0.15, -0.1) is 0 Å². The Labute approximate surface area is 114 Å². The number of nitrogens with one attached hydrogen (secondary N) is 1. The van der Waals surface area contributed by atoms with Gasteiger partial charge < -0.3 is 4.74 Å². The Morgan fingerprint density at radius 2 is 1.68 bits per heavy atom. The SMILES string of the molecule is CCCCCCCCC(CCOCC(F)(F)F)NN. The third kappa shape index (κ3) is 13.9. The van der Waals surface area contributed by atoms with Crippen molar-refractivity contribution in [3.8, 4) is 0 Å². The Balaban J connectivity index is 3.45. The van der Waals surface area contributed by atoms with Crippen LogP contribution >= 0.6 is 0 Å². The summed E-state index contributed by atoms with van der Waals surface area (Å²) >= 11 is 0. The maximum Gasteiger partial charge on any atom is 0.411 e. The summed E-state index contributed by atoms with van der Waals surface area (Å²) in [5.74, 6) is 5.38. The highest BCUT2D eigenvalue weighted by Crippen LogP contribution is 2.15. The molecule has 1 atom stereocenters. The zero-order chi connectivity index (χ0) is 14.6. The number of alkyl halides is 3. The molecule has 3 N–H and O–H groups in total. The van der Waals surface area contributed by atoms with E-state index < -0.39 is 12.8 Å². The van der Waals surface area contributed by atoms with Crippen LogP contribution in [0.5, 0.6) is 0 Å².